The van der Waals surface area contributed by atoms with Gasteiger partial charge in [-0.15, -0.1) is 0 Å². The van der Waals surface area contributed by atoms with Gasteiger partial charge in [0, 0.05) is 31.6 Å². The molecule has 4 rings (SSSR count). The van der Waals surface area contributed by atoms with E-state index in [1.165, 1.54) is 35.9 Å². The molecule has 10 nitrogen and oxygen atoms in total. The van der Waals surface area contributed by atoms with Gasteiger partial charge in [0.15, 0.2) is 0 Å². The van der Waals surface area contributed by atoms with Gasteiger partial charge in [0.05, 0.1) is 20.9 Å². The minimum atomic E-state index is -1.07. The number of rotatable bonds is 4. The second-order valence-electron chi connectivity index (χ2n) is 6.73. The van der Waals surface area contributed by atoms with Gasteiger partial charge >= 0.3 is 5.70 Å². The maximum atomic E-state index is 13.3. The Balaban J connectivity index is 2.09. The molecular weight excluding hydrogens is 392 g/mol. The number of ether oxygens (including phenoxy) is 1. The molecule has 3 aromatic rings. The van der Waals surface area contributed by atoms with Crippen LogP contribution in [0.4, 0.5) is 5.69 Å². The highest BCUT2D eigenvalue weighted by molar-refractivity contribution is 5.87. The number of para-hydroxylation sites is 1. The first-order valence-electron chi connectivity index (χ1n) is 8.95. The summed E-state index contributed by atoms with van der Waals surface area (Å²) in [6, 6.07) is 12.4. The third-order valence-electron chi connectivity index (χ3n) is 5.15. The number of pyridine rings is 1. The molecule has 152 valence electrons. The fraction of sp³-hybridized carbons (Fsp3) is 0.150. The van der Waals surface area contributed by atoms with Crippen molar-refractivity contribution < 1.29 is 14.6 Å². The zero-order chi connectivity index (χ0) is 21.6. The SMILES string of the molecule is CNC1=C([N+](=O)[O-])C(c2ccc([N+](=O)[O-])cc2)c2c(c3ccccc3n(C)c2=O)O1. The molecule has 1 N–H and O–H groups in total. The monoisotopic (exact) mass is 408 g/mol. The van der Waals surface area contributed by atoms with E-state index >= 15 is 0 Å². The van der Waals surface area contributed by atoms with E-state index < -0.39 is 21.3 Å². The summed E-state index contributed by atoms with van der Waals surface area (Å²) >= 11 is 0. The molecule has 0 spiro atoms. The first-order valence-corrected chi connectivity index (χ1v) is 8.95. The summed E-state index contributed by atoms with van der Waals surface area (Å²) in [6.45, 7) is 0. The van der Waals surface area contributed by atoms with Crippen molar-refractivity contribution in [3.05, 3.63) is 102 Å². The Bertz CT molecular complexity index is 1290. The molecule has 0 saturated heterocycles. The van der Waals surface area contributed by atoms with Crippen LogP contribution < -0.4 is 15.6 Å². The Morgan fingerprint density at radius 1 is 1.03 bits per heavy atom. The van der Waals surface area contributed by atoms with Gasteiger partial charge in [-0.25, -0.2) is 0 Å². The molecule has 0 saturated carbocycles. The van der Waals surface area contributed by atoms with Crippen LogP contribution in [0.1, 0.15) is 17.0 Å². The fourth-order valence-corrected chi connectivity index (χ4v) is 3.76. The number of aromatic nitrogens is 1. The van der Waals surface area contributed by atoms with Crippen LogP contribution >= 0.6 is 0 Å². The Kier molecular flexibility index (Phi) is 4.46. The summed E-state index contributed by atoms with van der Waals surface area (Å²) in [5.74, 6) is -0.934. The van der Waals surface area contributed by atoms with Crippen LogP contribution in [-0.2, 0) is 7.05 Å². The van der Waals surface area contributed by atoms with E-state index in [4.69, 9.17) is 4.74 Å². The first-order chi connectivity index (χ1) is 14.3. The van der Waals surface area contributed by atoms with Crippen molar-refractivity contribution in [3.8, 4) is 5.75 Å². The molecule has 1 atom stereocenters. The van der Waals surface area contributed by atoms with E-state index in [1.54, 1.807) is 31.3 Å². The molecule has 10 heteroatoms. The summed E-state index contributed by atoms with van der Waals surface area (Å²) in [7, 11) is 3.07. The van der Waals surface area contributed by atoms with Crippen LogP contribution in [0.3, 0.4) is 0 Å². The number of nitro groups is 2. The molecule has 1 unspecified atom stereocenters. The van der Waals surface area contributed by atoms with Gasteiger partial charge in [-0.3, -0.25) is 25.0 Å². The fourth-order valence-electron chi connectivity index (χ4n) is 3.76. The van der Waals surface area contributed by atoms with E-state index in [-0.39, 0.29) is 28.6 Å². The highest BCUT2D eigenvalue weighted by atomic mass is 16.6. The molecule has 0 amide bonds. The molecule has 0 bridgehead atoms. The number of benzene rings is 2. The minimum Gasteiger partial charge on any atom is -0.434 e. The Labute approximate surface area is 169 Å². The predicted molar refractivity (Wildman–Crippen MR) is 108 cm³/mol. The topological polar surface area (TPSA) is 130 Å². The van der Waals surface area contributed by atoms with Crippen molar-refractivity contribution in [1.82, 2.24) is 9.88 Å². The van der Waals surface area contributed by atoms with Gasteiger partial charge in [-0.1, -0.05) is 24.3 Å². The normalized spacial score (nSPS) is 15.5. The molecule has 0 aliphatic carbocycles. The van der Waals surface area contributed by atoms with Crippen molar-refractivity contribution in [2.75, 3.05) is 7.05 Å². The second kappa shape index (κ2) is 6.99. The summed E-state index contributed by atoms with van der Waals surface area (Å²) in [6.07, 6.45) is 0. The number of nitrogens with one attached hydrogen (secondary N) is 1. The summed E-state index contributed by atoms with van der Waals surface area (Å²) < 4.78 is 7.24. The van der Waals surface area contributed by atoms with Crippen molar-refractivity contribution in [2.24, 2.45) is 7.05 Å². The van der Waals surface area contributed by atoms with Crippen molar-refractivity contribution in [1.29, 1.82) is 0 Å². The average Bonchev–Trinajstić information content (AvgIpc) is 2.75. The largest absolute Gasteiger partial charge is 0.434 e. The van der Waals surface area contributed by atoms with Crippen LogP contribution in [0.15, 0.2) is 64.9 Å². The zero-order valence-electron chi connectivity index (χ0n) is 16.0. The van der Waals surface area contributed by atoms with Gasteiger partial charge in [0.25, 0.3) is 17.1 Å². The van der Waals surface area contributed by atoms with E-state index in [0.717, 1.165) is 0 Å². The first kappa shape index (κ1) is 19.1. The van der Waals surface area contributed by atoms with Crippen LogP contribution in [0.2, 0.25) is 0 Å². The number of allylic oxidation sites excluding steroid dienone is 1. The lowest BCUT2D eigenvalue weighted by Gasteiger charge is -2.27. The molecule has 2 aromatic carbocycles. The van der Waals surface area contributed by atoms with Gasteiger partial charge in [-0.2, -0.15) is 0 Å². The second-order valence-corrected chi connectivity index (χ2v) is 6.73. The number of non-ortho nitro benzene ring substituents is 1. The van der Waals surface area contributed by atoms with Crippen LogP contribution in [0.5, 0.6) is 5.75 Å². The molecule has 0 radical (unpaired) electrons. The summed E-state index contributed by atoms with van der Waals surface area (Å²) in [5.41, 5.74) is 0.155. The Morgan fingerprint density at radius 3 is 2.30 bits per heavy atom. The third kappa shape index (κ3) is 2.77. The van der Waals surface area contributed by atoms with Crippen molar-refractivity contribution in [3.63, 3.8) is 0 Å². The smallest absolute Gasteiger partial charge is 0.317 e. The van der Waals surface area contributed by atoms with E-state index in [2.05, 4.69) is 5.32 Å². The number of hydrogen-bond donors (Lipinski definition) is 1. The number of nitro benzene ring substituents is 1. The molecule has 30 heavy (non-hydrogen) atoms. The number of aryl methyl sites for hydroxylation is 1. The van der Waals surface area contributed by atoms with E-state index in [0.29, 0.717) is 16.5 Å². The molecule has 1 aromatic heterocycles. The number of nitrogens with zero attached hydrogens (tertiary/aromatic N) is 3. The number of fused-ring (bicyclic) bond motifs is 3. The number of hydrogen-bond acceptors (Lipinski definition) is 7. The quantitative estimate of drug-likeness (QED) is 0.519. The maximum absolute atomic E-state index is 13.3. The van der Waals surface area contributed by atoms with Crippen molar-refractivity contribution in [2.45, 2.75) is 5.92 Å². The van der Waals surface area contributed by atoms with Crippen LogP contribution in [-0.4, -0.2) is 21.5 Å². The van der Waals surface area contributed by atoms with Gasteiger partial charge in [-0.05, 0) is 17.7 Å². The lowest BCUT2D eigenvalue weighted by molar-refractivity contribution is -0.432. The lowest BCUT2D eigenvalue weighted by atomic mass is 9.86. The molecule has 2 heterocycles. The summed E-state index contributed by atoms with van der Waals surface area (Å²) in [4.78, 5) is 35.1. The maximum Gasteiger partial charge on any atom is 0.317 e. The molecule has 1 aliphatic rings. The Morgan fingerprint density at radius 2 is 1.70 bits per heavy atom. The van der Waals surface area contributed by atoms with E-state index in [1.807, 2.05) is 0 Å². The molecule has 1 aliphatic heterocycles. The predicted octanol–water partition coefficient (Wildman–Crippen LogP) is 2.64. The van der Waals surface area contributed by atoms with Gasteiger partial charge < -0.3 is 14.6 Å². The highest BCUT2D eigenvalue weighted by Gasteiger charge is 2.42. The highest BCUT2D eigenvalue weighted by Crippen LogP contribution is 2.44. The lowest BCUT2D eigenvalue weighted by Crippen LogP contribution is -2.34. The van der Waals surface area contributed by atoms with E-state index in [9.17, 15) is 25.0 Å². The third-order valence-corrected chi connectivity index (χ3v) is 5.15. The summed E-state index contributed by atoms with van der Waals surface area (Å²) in [5, 5.41) is 26.3. The zero-order valence-corrected chi connectivity index (χ0v) is 16.0. The van der Waals surface area contributed by atoms with Gasteiger partial charge in [0.2, 0.25) is 0 Å². The average molecular weight is 408 g/mol. The Hall–Kier alpha value is -4.21. The molecule has 0 fully saturated rings. The molecular formula is C20H16N4O6. The van der Waals surface area contributed by atoms with Crippen LogP contribution in [0.25, 0.3) is 10.9 Å². The van der Waals surface area contributed by atoms with Crippen molar-refractivity contribution >= 4 is 16.6 Å². The van der Waals surface area contributed by atoms with Gasteiger partial charge in [0.1, 0.15) is 11.7 Å². The minimum absolute atomic E-state index is 0.0886. The van der Waals surface area contributed by atoms with Crippen LogP contribution in [0, 0.1) is 20.2 Å². The standard InChI is InChI=1S/C20H16N4O6/c1-21-19-17(24(28)29)15(11-7-9-12(10-8-11)23(26)27)16-18(30-19)13-5-3-4-6-14(13)22(2)20(16)25/h3-10,15,21H,1-2H3.